The van der Waals surface area contributed by atoms with E-state index in [4.69, 9.17) is 9.31 Å². The van der Waals surface area contributed by atoms with Gasteiger partial charge in [0, 0.05) is 5.46 Å². The SMILES string of the molecule is C=C1OB(c2ccc3ccc4cccc5ccc2c3c45)OC1(C)C. The van der Waals surface area contributed by atoms with Crippen LogP contribution in [-0.4, -0.2) is 12.7 Å². The maximum atomic E-state index is 6.12. The predicted octanol–water partition coefficient (Wildman–Crippen LogP) is 4.62. The van der Waals surface area contributed by atoms with Crippen LogP contribution in [0.2, 0.25) is 0 Å². The Balaban J connectivity index is 1.83. The molecule has 1 saturated heterocycles. The molecule has 2 nitrogen and oxygen atoms in total. The fourth-order valence-electron chi connectivity index (χ4n) is 3.72. The van der Waals surface area contributed by atoms with Crippen molar-refractivity contribution in [2.75, 3.05) is 0 Å². The fourth-order valence-corrected chi connectivity index (χ4v) is 3.72. The summed E-state index contributed by atoms with van der Waals surface area (Å²) in [5.41, 5.74) is 0.599. The van der Waals surface area contributed by atoms with Gasteiger partial charge in [-0.15, -0.1) is 0 Å². The van der Waals surface area contributed by atoms with Gasteiger partial charge in [0.1, 0.15) is 5.60 Å². The third kappa shape index (κ3) is 1.76. The van der Waals surface area contributed by atoms with Gasteiger partial charge in [-0.1, -0.05) is 61.2 Å². The van der Waals surface area contributed by atoms with Crippen LogP contribution in [0.4, 0.5) is 0 Å². The van der Waals surface area contributed by atoms with Gasteiger partial charge >= 0.3 is 7.12 Å². The molecule has 1 fully saturated rings. The van der Waals surface area contributed by atoms with Gasteiger partial charge in [-0.05, 0) is 46.2 Å². The summed E-state index contributed by atoms with van der Waals surface area (Å²) in [7, 11) is -0.405. The average Bonchev–Trinajstić information content (AvgIpc) is 2.85. The van der Waals surface area contributed by atoms with Crippen molar-refractivity contribution in [2.24, 2.45) is 0 Å². The smallest absolute Gasteiger partial charge is 0.534 e. The standard InChI is InChI=1S/C21H17BO2/c1-13-21(2,3)24-22(23-13)18-12-10-16-8-7-14-5-4-6-15-9-11-17(18)20(16)19(14)15/h4-12H,1H2,2-3H3. The van der Waals surface area contributed by atoms with E-state index in [1.54, 1.807) is 0 Å². The first-order valence-electron chi connectivity index (χ1n) is 8.25. The lowest BCUT2D eigenvalue weighted by Gasteiger charge is -2.16. The Morgan fingerprint density at radius 3 is 2.12 bits per heavy atom. The van der Waals surface area contributed by atoms with E-state index < -0.39 is 12.7 Å². The molecule has 0 saturated carbocycles. The van der Waals surface area contributed by atoms with Crippen molar-refractivity contribution in [1.82, 2.24) is 0 Å². The average molecular weight is 312 g/mol. The van der Waals surface area contributed by atoms with Crippen LogP contribution in [0.15, 0.2) is 66.9 Å². The summed E-state index contributed by atoms with van der Waals surface area (Å²) in [6, 6.07) is 19.5. The first-order valence-corrected chi connectivity index (χ1v) is 8.25. The van der Waals surface area contributed by atoms with Crippen molar-refractivity contribution in [3.05, 3.63) is 66.9 Å². The molecule has 1 heterocycles. The van der Waals surface area contributed by atoms with Gasteiger partial charge in [-0.25, -0.2) is 0 Å². The van der Waals surface area contributed by atoms with E-state index in [9.17, 15) is 0 Å². The molecule has 4 aromatic rings. The van der Waals surface area contributed by atoms with E-state index >= 15 is 0 Å². The lowest BCUT2D eigenvalue weighted by atomic mass is 9.74. The van der Waals surface area contributed by atoms with Crippen molar-refractivity contribution in [2.45, 2.75) is 19.4 Å². The lowest BCUT2D eigenvalue weighted by molar-refractivity contribution is 0.173. The molecule has 1 aliphatic heterocycles. The zero-order chi connectivity index (χ0) is 16.5. The number of benzene rings is 4. The molecule has 0 bridgehead atoms. The second-order valence-corrected chi connectivity index (χ2v) is 7.01. The summed E-state index contributed by atoms with van der Waals surface area (Å²) in [6.45, 7) is 7.98. The van der Waals surface area contributed by atoms with Gasteiger partial charge in [0.25, 0.3) is 0 Å². The highest BCUT2D eigenvalue weighted by molar-refractivity contribution is 6.66. The van der Waals surface area contributed by atoms with Crippen LogP contribution in [0.3, 0.4) is 0 Å². The fraction of sp³-hybridized carbons (Fsp3) is 0.143. The largest absolute Gasteiger partial charge is 0.563 e. The second-order valence-electron chi connectivity index (χ2n) is 7.01. The number of rotatable bonds is 1. The molecule has 5 rings (SSSR count). The zero-order valence-corrected chi connectivity index (χ0v) is 13.8. The van der Waals surface area contributed by atoms with Gasteiger partial charge in [0.15, 0.2) is 0 Å². The van der Waals surface area contributed by atoms with Crippen LogP contribution in [0.5, 0.6) is 0 Å². The number of hydrogen-bond acceptors (Lipinski definition) is 2. The molecular weight excluding hydrogens is 295 g/mol. The molecule has 1 aliphatic rings. The molecule has 0 aliphatic carbocycles. The molecule has 0 unspecified atom stereocenters. The van der Waals surface area contributed by atoms with Gasteiger partial charge in [0.05, 0.1) is 5.76 Å². The molecule has 0 spiro atoms. The Bertz CT molecular complexity index is 1100. The topological polar surface area (TPSA) is 18.5 Å². The minimum Gasteiger partial charge on any atom is -0.534 e. The van der Waals surface area contributed by atoms with Crippen molar-refractivity contribution in [3.63, 3.8) is 0 Å². The van der Waals surface area contributed by atoms with Crippen molar-refractivity contribution in [3.8, 4) is 0 Å². The third-order valence-corrected chi connectivity index (χ3v) is 5.14. The summed E-state index contributed by atoms with van der Waals surface area (Å²) in [5, 5.41) is 7.55. The highest BCUT2D eigenvalue weighted by Crippen LogP contribution is 2.35. The molecule has 4 aromatic carbocycles. The summed E-state index contributed by atoms with van der Waals surface area (Å²) in [5.74, 6) is 0.679. The van der Waals surface area contributed by atoms with Crippen molar-refractivity contribution >= 4 is 44.9 Å². The Labute approximate surface area is 141 Å². The van der Waals surface area contributed by atoms with E-state index in [0.29, 0.717) is 5.76 Å². The summed E-state index contributed by atoms with van der Waals surface area (Å²) >= 11 is 0. The first kappa shape index (κ1) is 13.9. The zero-order valence-electron chi connectivity index (χ0n) is 13.8. The molecule has 0 aromatic heterocycles. The van der Waals surface area contributed by atoms with Crippen LogP contribution in [0, 0.1) is 0 Å². The molecule has 0 amide bonds. The van der Waals surface area contributed by atoms with E-state index in [1.807, 2.05) is 13.8 Å². The highest BCUT2D eigenvalue weighted by Gasteiger charge is 2.43. The maximum absolute atomic E-state index is 6.12. The molecule has 0 N–H and O–H groups in total. The van der Waals surface area contributed by atoms with E-state index in [2.05, 4.69) is 61.2 Å². The van der Waals surface area contributed by atoms with E-state index in [-0.39, 0.29) is 0 Å². The van der Waals surface area contributed by atoms with Crippen LogP contribution in [0.25, 0.3) is 32.3 Å². The Hall–Kier alpha value is -2.52. The normalized spacial score (nSPS) is 17.2. The van der Waals surface area contributed by atoms with Crippen molar-refractivity contribution < 1.29 is 9.31 Å². The third-order valence-electron chi connectivity index (χ3n) is 5.14. The van der Waals surface area contributed by atoms with Crippen LogP contribution in [0.1, 0.15) is 13.8 Å². The van der Waals surface area contributed by atoms with Gasteiger partial charge < -0.3 is 9.31 Å². The lowest BCUT2D eigenvalue weighted by Crippen LogP contribution is -2.35. The second kappa shape index (κ2) is 4.52. The molecule has 0 radical (unpaired) electrons. The first-order chi connectivity index (χ1) is 11.5. The molecule has 116 valence electrons. The Morgan fingerprint density at radius 2 is 1.46 bits per heavy atom. The summed E-state index contributed by atoms with van der Waals surface area (Å²) in [6.07, 6.45) is 0. The molecule has 0 atom stereocenters. The highest BCUT2D eigenvalue weighted by atomic mass is 16.7. The van der Waals surface area contributed by atoms with Gasteiger partial charge in [0.2, 0.25) is 0 Å². The molecule has 3 heteroatoms. The Kier molecular flexibility index (Phi) is 2.61. The molecule has 24 heavy (non-hydrogen) atoms. The minimum absolute atomic E-state index is 0.405. The van der Waals surface area contributed by atoms with E-state index in [1.165, 1.54) is 32.3 Å². The van der Waals surface area contributed by atoms with Crippen LogP contribution in [-0.2, 0) is 9.31 Å². The van der Waals surface area contributed by atoms with Gasteiger partial charge in [-0.3, -0.25) is 0 Å². The van der Waals surface area contributed by atoms with Crippen molar-refractivity contribution in [1.29, 1.82) is 0 Å². The van der Waals surface area contributed by atoms with Crippen LogP contribution >= 0.6 is 0 Å². The predicted molar refractivity (Wildman–Crippen MR) is 101 cm³/mol. The minimum atomic E-state index is -0.464. The monoisotopic (exact) mass is 312 g/mol. The molecular formula is C21H17BO2. The van der Waals surface area contributed by atoms with Crippen LogP contribution < -0.4 is 5.46 Å². The van der Waals surface area contributed by atoms with E-state index in [0.717, 1.165) is 5.46 Å². The number of hydrogen-bond donors (Lipinski definition) is 0. The van der Waals surface area contributed by atoms with Gasteiger partial charge in [-0.2, -0.15) is 0 Å². The maximum Gasteiger partial charge on any atom is 0.563 e. The summed E-state index contributed by atoms with van der Waals surface area (Å²) in [4.78, 5) is 0. The quantitative estimate of drug-likeness (QED) is 0.377. The summed E-state index contributed by atoms with van der Waals surface area (Å²) < 4.78 is 12.1. The Morgan fingerprint density at radius 1 is 0.833 bits per heavy atom.